The lowest BCUT2D eigenvalue weighted by atomic mass is 10.2. The van der Waals surface area contributed by atoms with Crippen LogP contribution in [0.5, 0.6) is 0 Å². The van der Waals surface area contributed by atoms with Crippen molar-refractivity contribution in [2.75, 3.05) is 33.2 Å². The van der Waals surface area contributed by atoms with Crippen LogP contribution in [0.2, 0.25) is 0 Å². The van der Waals surface area contributed by atoms with Gasteiger partial charge in [0.25, 0.3) is 10.0 Å². The van der Waals surface area contributed by atoms with Crippen LogP contribution in [0.25, 0.3) is 0 Å². The van der Waals surface area contributed by atoms with Crippen molar-refractivity contribution in [2.24, 2.45) is 0 Å². The Labute approximate surface area is 131 Å². The molecule has 3 heterocycles. The van der Waals surface area contributed by atoms with E-state index in [0.717, 1.165) is 36.5 Å². The normalized spacial score (nSPS) is 24.4. The number of thiophene rings is 1. The molecule has 0 bridgehead atoms. The minimum Gasteiger partial charge on any atom is -0.315 e. The van der Waals surface area contributed by atoms with Crippen molar-refractivity contribution in [3.05, 3.63) is 16.5 Å². The summed E-state index contributed by atoms with van der Waals surface area (Å²) in [6.07, 6.45) is 2.32. The summed E-state index contributed by atoms with van der Waals surface area (Å²) < 4.78 is 27.9. The highest BCUT2D eigenvalue weighted by atomic mass is 32.2. The van der Waals surface area contributed by atoms with Crippen molar-refractivity contribution in [1.82, 2.24) is 14.5 Å². The van der Waals surface area contributed by atoms with Gasteiger partial charge in [-0.05, 0) is 45.0 Å². The first kappa shape index (κ1) is 15.4. The molecular formula is C14H23N3O2S2. The molecular weight excluding hydrogens is 306 g/mol. The Morgan fingerprint density at radius 3 is 2.95 bits per heavy atom. The molecule has 1 aromatic heterocycles. The van der Waals surface area contributed by atoms with Gasteiger partial charge in [0.15, 0.2) is 0 Å². The molecule has 7 heteroatoms. The lowest BCUT2D eigenvalue weighted by Gasteiger charge is -2.36. The molecule has 21 heavy (non-hydrogen) atoms. The molecule has 3 rings (SSSR count). The standard InChI is InChI=1S/C14H23N3O2S2/c1-11-8-14(20-13(11)9-15-2)21(18,19)17-7-6-16-5-3-4-12(16)10-17/h8,12,15H,3-7,9-10H2,1-2H3. The number of piperazine rings is 1. The van der Waals surface area contributed by atoms with Gasteiger partial charge in [-0.1, -0.05) is 0 Å². The topological polar surface area (TPSA) is 52.7 Å². The van der Waals surface area contributed by atoms with Gasteiger partial charge < -0.3 is 5.32 Å². The second-order valence-electron chi connectivity index (χ2n) is 5.90. The van der Waals surface area contributed by atoms with Crippen molar-refractivity contribution in [3.63, 3.8) is 0 Å². The molecule has 0 aliphatic carbocycles. The van der Waals surface area contributed by atoms with Gasteiger partial charge in [0, 0.05) is 37.1 Å². The highest BCUT2D eigenvalue weighted by molar-refractivity contribution is 7.91. The number of nitrogens with zero attached hydrogens (tertiary/aromatic N) is 2. The summed E-state index contributed by atoms with van der Waals surface area (Å²) >= 11 is 1.40. The Kier molecular flexibility index (Phi) is 4.38. The average Bonchev–Trinajstić information content (AvgIpc) is 3.06. The van der Waals surface area contributed by atoms with Crippen LogP contribution in [0.15, 0.2) is 10.3 Å². The van der Waals surface area contributed by atoms with Crippen LogP contribution in [-0.2, 0) is 16.6 Å². The molecule has 118 valence electrons. The number of hydrogen-bond donors (Lipinski definition) is 1. The third kappa shape index (κ3) is 2.90. The Morgan fingerprint density at radius 2 is 2.19 bits per heavy atom. The number of hydrogen-bond acceptors (Lipinski definition) is 5. The lowest BCUT2D eigenvalue weighted by molar-refractivity contribution is 0.158. The van der Waals surface area contributed by atoms with E-state index in [1.165, 1.54) is 17.8 Å². The molecule has 0 radical (unpaired) electrons. The highest BCUT2D eigenvalue weighted by Gasteiger charge is 2.36. The Morgan fingerprint density at radius 1 is 1.38 bits per heavy atom. The third-order valence-electron chi connectivity index (χ3n) is 4.48. The van der Waals surface area contributed by atoms with E-state index in [0.29, 0.717) is 23.3 Å². The molecule has 1 atom stereocenters. The fourth-order valence-electron chi connectivity index (χ4n) is 3.26. The van der Waals surface area contributed by atoms with E-state index in [2.05, 4.69) is 10.2 Å². The van der Waals surface area contributed by atoms with Gasteiger partial charge in [0.2, 0.25) is 0 Å². The first-order chi connectivity index (χ1) is 10.0. The van der Waals surface area contributed by atoms with Crippen LogP contribution in [0, 0.1) is 6.92 Å². The fraction of sp³-hybridized carbons (Fsp3) is 0.714. The molecule has 0 saturated carbocycles. The zero-order valence-electron chi connectivity index (χ0n) is 12.6. The smallest absolute Gasteiger partial charge is 0.252 e. The Bertz CT molecular complexity index is 612. The highest BCUT2D eigenvalue weighted by Crippen LogP contribution is 2.31. The van der Waals surface area contributed by atoms with E-state index in [1.54, 1.807) is 4.31 Å². The minimum absolute atomic E-state index is 0.423. The van der Waals surface area contributed by atoms with E-state index in [9.17, 15) is 8.42 Å². The third-order valence-corrected chi connectivity index (χ3v) is 8.03. The lowest BCUT2D eigenvalue weighted by Crippen LogP contribution is -2.51. The number of nitrogens with one attached hydrogen (secondary N) is 1. The fourth-order valence-corrected chi connectivity index (χ4v) is 6.48. The van der Waals surface area contributed by atoms with Crippen LogP contribution in [0.1, 0.15) is 23.3 Å². The van der Waals surface area contributed by atoms with Gasteiger partial charge in [-0.15, -0.1) is 11.3 Å². The van der Waals surface area contributed by atoms with Crippen LogP contribution in [0.4, 0.5) is 0 Å². The summed E-state index contributed by atoms with van der Waals surface area (Å²) in [5, 5.41) is 3.09. The molecule has 0 spiro atoms. The zero-order chi connectivity index (χ0) is 15.0. The summed E-state index contributed by atoms with van der Waals surface area (Å²) in [7, 11) is -1.44. The molecule has 2 aliphatic rings. The Balaban J connectivity index is 1.81. The number of fused-ring (bicyclic) bond motifs is 1. The SMILES string of the molecule is CNCc1sc(S(=O)(=O)N2CCN3CCCC3C2)cc1C. The predicted octanol–water partition coefficient (Wildman–Crippen LogP) is 1.24. The Hall–Kier alpha value is -0.470. The van der Waals surface area contributed by atoms with Crippen LogP contribution in [-0.4, -0.2) is 56.9 Å². The molecule has 1 aromatic rings. The molecule has 5 nitrogen and oxygen atoms in total. The molecule has 1 N–H and O–H groups in total. The van der Waals surface area contributed by atoms with Crippen molar-refractivity contribution >= 4 is 21.4 Å². The molecule has 0 amide bonds. The maximum Gasteiger partial charge on any atom is 0.252 e. The van der Waals surface area contributed by atoms with Gasteiger partial charge in [-0.25, -0.2) is 8.42 Å². The van der Waals surface area contributed by atoms with Crippen LogP contribution in [0.3, 0.4) is 0 Å². The van der Waals surface area contributed by atoms with E-state index in [-0.39, 0.29) is 0 Å². The second kappa shape index (κ2) is 5.96. The maximum atomic E-state index is 12.8. The first-order valence-electron chi connectivity index (χ1n) is 7.50. The van der Waals surface area contributed by atoms with Gasteiger partial charge in [0.05, 0.1) is 0 Å². The maximum absolute atomic E-state index is 12.8. The van der Waals surface area contributed by atoms with Crippen molar-refractivity contribution in [1.29, 1.82) is 0 Å². The summed E-state index contributed by atoms with van der Waals surface area (Å²) in [6, 6.07) is 2.25. The van der Waals surface area contributed by atoms with Gasteiger partial charge in [-0.3, -0.25) is 4.90 Å². The van der Waals surface area contributed by atoms with Crippen LogP contribution < -0.4 is 5.32 Å². The predicted molar refractivity (Wildman–Crippen MR) is 85.2 cm³/mol. The number of sulfonamides is 1. The number of aryl methyl sites for hydroxylation is 1. The summed E-state index contributed by atoms with van der Waals surface area (Å²) in [4.78, 5) is 3.54. The molecule has 2 fully saturated rings. The molecule has 0 aromatic carbocycles. The summed E-state index contributed by atoms with van der Waals surface area (Å²) in [5.41, 5.74) is 1.06. The van der Waals surface area contributed by atoms with Crippen molar-refractivity contribution < 1.29 is 8.42 Å². The monoisotopic (exact) mass is 329 g/mol. The first-order valence-corrected chi connectivity index (χ1v) is 9.76. The van der Waals surface area contributed by atoms with Crippen molar-refractivity contribution in [3.8, 4) is 0 Å². The second-order valence-corrected chi connectivity index (χ2v) is 9.20. The van der Waals surface area contributed by atoms with Crippen molar-refractivity contribution in [2.45, 2.75) is 36.6 Å². The van der Waals surface area contributed by atoms with Gasteiger partial charge in [-0.2, -0.15) is 4.31 Å². The summed E-state index contributed by atoms with van der Waals surface area (Å²) in [5.74, 6) is 0. The quantitative estimate of drug-likeness (QED) is 0.903. The number of rotatable bonds is 4. The largest absolute Gasteiger partial charge is 0.315 e. The van der Waals surface area contributed by atoms with Gasteiger partial charge >= 0.3 is 0 Å². The van der Waals surface area contributed by atoms with E-state index >= 15 is 0 Å². The van der Waals surface area contributed by atoms with Gasteiger partial charge in [0.1, 0.15) is 4.21 Å². The van der Waals surface area contributed by atoms with E-state index in [1.807, 2.05) is 20.0 Å². The minimum atomic E-state index is -3.32. The average molecular weight is 329 g/mol. The van der Waals surface area contributed by atoms with E-state index in [4.69, 9.17) is 0 Å². The zero-order valence-corrected chi connectivity index (χ0v) is 14.3. The molecule has 1 unspecified atom stereocenters. The molecule has 2 aliphatic heterocycles. The summed E-state index contributed by atoms with van der Waals surface area (Å²) in [6.45, 7) is 5.98. The van der Waals surface area contributed by atoms with Crippen LogP contribution >= 0.6 is 11.3 Å². The molecule has 2 saturated heterocycles. The van der Waals surface area contributed by atoms with E-state index < -0.39 is 10.0 Å².